The van der Waals surface area contributed by atoms with Crippen molar-refractivity contribution in [3.63, 3.8) is 0 Å². The zero-order valence-corrected chi connectivity index (χ0v) is 11.5. The summed E-state index contributed by atoms with van der Waals surface area (Å²) in [7, 11) is 0. The molecule has 0 bridgehead atoms. The lowest BCUT2D eigenvalue weighted by Gasteiger charge is -2.12. The van der Waals surface area contributed by atoms with E-state index in [1.807, 2.05) is 20.8 Å². The Kier molecular flexibility index (Phi) is 9.19. The average molecular weight is 242 g/mol. The van der Waals surface area contributed by atoms with E-state index in [2.05, 4.69) is 27.9 Å². The van der Waals surface area contributed by atoms with Crippen molar-refractivity contribution in [1.82, 2.24) is 16.0 Å². The minimum atomic E-state index is 0.0684. The molecule has 1 amide bonds. The van der Waals surface area contributed by atoms with Crippen molar-refractivity contribution < 1.29 is 4.79 Å². The van der Waals surface area contributed by atoms with Crippen LogP contribution in [0.1, 0.15) is 40.5 Å². The van der Waals surface area contributed by atoms with Crippen LogP contribution in [0.4, 0.5) is 0 Å². The standard InChI is InChI=1S/C12H26N4O/c1-5-8-14-12(13-6-2)15-9-7-11(17)16-10(3)4/h10H,5-9H2,1-4H3,(H,16,17)(H2,13,14,15). The summed E-state index contributed by atoms with van der Waals surface area (Å²) in [5.41, 5.74) is 0. The third-order valence-corrected chi connectivity index (χ3v) is 1.93. The smallest absolute Gasteiger partial charge is 0.221 e. The first-order valence-electron chi connectivity index (χ1n) is 6.41. The maximum Gasteiger partial charge on any atom is 0.221 e. The highest BCUT2D eigenvalue weighted by Gasteiger charge is 2.03. The highest BCUT2D eigenvalue weighted by molar-refractivity contribution is 5.81. The Balaban J connectivity index is 3.85. The van der Waals surface area contributed by atoms with Gasteiger partial charge in [0.2, 0.25) is 5.91 Å². The summed E-state index contributed by atoms with van der Waals surface area (Å²) in [4.78, 5) is 15.7. The molecule has 5 heteroatoms. The van der Waals surface area contributed by atoms with Gasteiger partial charge in [-0.15, -0.1) is 0 Å². The number of amides is 1. The number of rotatable bonds is 7. The zero-order chi connectivity index (χ0) is 13.1. The van der Waals surface area contributed by atoms with Gasteiger partial charge in [0, 0.05) is 32.1 Å². The van der Waals surface area contributed by atoms with Gasteiger partial charge in [-0.3, -0.25) is 9.79 Å². The molecule has 0 atom stereocenters. The zero-order valence-electron chi connectivity index (χ0n) is 11.5. The number of aliphatic imine (C=N–C) groups is 1. The molecule has 0 rings (SSSR count). The molecule has 0 aliphatic rings. The molecular weight excluding hydrogens is 216 g/mol. The van der Waals surface area contributed by atoms with Crippen LogP contribution in [0.2, 0.25) is 0 Å². The molecule has 100 valence electrons. The Morgan fingerprint density at radius 2 is 1.94 bits per heavy atom. The van der Waals surface area contributed by atoms with Gasteiger partial charge in [-0.2, -0.15) is 0 Å². The first-order chi connectivity index (χ1) is 8.10. The Hall–Kier alpha value is -1.26. The van der Waals surface area contributed by atoms with Crippen molar-refractivity contribution >= 4 is 11.9 Å². The van der Waals surface area contributed by atoms with Crippen LogP contribution in [0.3, 0.4) is 0 Å². The van der Waals surface area contributed by atoms with Gasteiger partial charge in [-0.05, 0) is 27.2 Å². The van der Waals surface area contributed by atoms with Gasteiger partial charge < -0.3 is 16.0 Å². The Morgan fingerprint density at radius 3 is 2.47 bits per heavy atom. The molecule has 0 aliphatic carbocycles. The molecule has 0 heterocycles. The van der Waals surface area contributed by atoms with E-state index < -0.39 is 0 Å². The number of carbonyl (C=O) groups excluding carboxylic acids is 1. The van der Waals surface area contributed by atoms with Crippen LogP contribution in [0, 0.1) is 0 Å². The fourth-order valence-corrected chi connectivity index (χ4v) is 1.25. The topological polar surface area (TPSA) is 65.5 Å². The minimum absolute atomic E-state index is 0.0684. The lowest BCUT2D eigenvalue weighted by atomic mass is 10.3. The number of hydrogen-bond donors (Lipinski definition) is 3. The predicted molar refractivity (Wildman–Crippen MR) is 72.2 cm³/mol. The van der Waals surface area contributed by atoms with E-state index in [-0.39, 0.29) is 11.9 Å². The molecule has 0 aromatic heterocycles. The van der Waals surface area contributed by atoms with Crippen molar-refractivity contribution in [3.8, 4) is 0 Å². The molecule has 0 fully saturated rings. The Morgan fingerprint density at radius 1 is 1.24 bits per heavy atom. The third kappa shape index (κ3) is 9.66. The summed E-state index contributed by atoms with van der Waals surface area (Å²) >= 11 is 0. The van der Waals surface area contributed by atoms with Crippen molar-refractivity contribution in [2.75, 3.05) is 19.6 Å². The van der Waals surface area contributed by atoms with E-state index in [9.17, 15) is 4.79 Å². The van der Waals surface area contributed by atoms with Gasteiger partial charge in [0.05, 0.1) is 0 Å². The second-order valence-electron chi connectivity index (χ2n) is 4.16. The molecule has 0 saturated heterocycles. The van der Waals surface area contributed by atoms with Crippen LogP contribution >= 0.6 is 0 Å². The molecule has 0 aromatic rings. The van der Waals surface area contributed by atoms with Crippen LogP contribution in [-0.4, -0.2) is 37.5 Å². The normalized spacial score (nSPS) is 11.5. The average Bonchev–Trinajstić information content (AvgIpc) is 2.24. The summed E-state index contributed by atoms with van der Waals surface area (Å²) in [6, 6.07) is 0.199. The first-order valence-corrected chi connectivity index (χ1v) is 6.41. The highest BCUT2D eigenvalue weighted by atomic mass is 16.1. The molecule has 0 aromatic carbocycles. The number of hydrogen-bond acceptors (Lipinski definition) is 2. The lowest BCUT2D eigenvalue weighted by Crippen LogP contribution is -2.40. The fourth-order valence-electron chi connectivity index (χ4n) is 1.25. The monoisotopic (exact) mass is 242 g/mol. The Bertz CT molecular complexity index is 239. The summed E-state index contributed by atoms with van der Waals surface area (Å²) in [6.07, 6.45) is 1.49. The van der Waals surface area contributed by atoms with Crippen LogP contribution in [0.15, 0.2) is 4.99 Å². The van der Waals surface area contributed by atoms with Gasteiger partial charge in [-0.1, -0.05) is 6.92 Å². The SMILES string of the molecule is CCCN=C(NCC)NCCC(=O)NC(C)C. The van der Waals surface area contributed by atoms with Crippen molar-refractivity contribution in [2.24, 2.45) is 4.99 Å². The molecular formula is C12H26N4O. The fraction of sp³-hybridized carbons (Fsp3) is 0.833. The maximum atomic E-state index is 11.4. The summed E-state index contributed by atoms with van der Waals surface area (Å²) in [5, 5.41) is 9.13. The van der Waals surface area contributed by atoms with Gasteiger partial charge in [-0.25, -0.2) is 0 Å². The number of guanidine groups is 1. The number of nitrogens with zero attached hydrogens (tertiary/aromatic N) is 1. The van der Waals surface area contributed by atoms with Gasteiger partial charge >= 0.3 is 0 Å². The quantitative estimate of drug-likeness (QED) is 0.458. The molecule has 0 aliphatic heterocycles. The summed E-state index contributed by atoms with van der Waals surface area (Å²) < 4.78 is 0. The highest BCUT2D eigenvalue weighted by Crippen LogP contribution is 1.83. The third-order valence-electron chi connectivity index (χ3n) is 1.93. The minimum Gasteiger partial charge on any atom is -0.357 e. The van der Waals surface area contributed by atoms with Gasteiger partial charge in [0.25, 0.3) is 0 Å². The van der Waals surface area contributed by atoms with Crippen molar-refractivity contribution in [2.45, 2.75) is 46.6 Å². The van der Waals surface area contributed by atoms with E-state index in [4.69, 9.17) is 0 Å². The van der Waals surface area contributed by atoms with E-state index >= 15 is 0 Å². The molecule has 5 nitrogen and oxygen atoms in total. The number of nitrogens with one attached hydrogen (secondary N) is 3. The van der Waals surface area contributed by atoms with Crippen LogP contribution in [0.25, 0.3) is 0 Å². The van der Waals surface area contributed by atoms with Crippen LogP contribution < -0.4 is 16.0 Å². The van der Waals surface area contributed by atoms with E-state index in [0.29, 0.717) is 13.0 Å². The van der Waals surface area contributed by atoms with Crippen molar-refractivity contribution in [1.29, 1.82) is 0 Å². The summed E-state index contributed by atoms with van der Waals surface area (Å²) in [6.45, 7) is 10.3. The molecule has 0 spiro atoms. The lowest BCUT2D eigenvalue weighted by molar-refractivity contribution is -0.121. The van der Waals surface area contributed by atoms with E-state index in [1.54, 1.807) is 0 Å². The van der Waals surface area contributed by atoms with Crippen LogP contribution in [0.5, 0.6) is 0 Å². The molecule has 0 unspecified atom stereocenters. The van der Waals surface area contributed by atoms with Crippen LogP contribution in [-0.2, 0) is 4.79 Å². The summed E-state index contributed by atoms with van der Waals surface area (Å²) in [5.74, 6) is 0.852. The second-order valence-corrected chi connectivity index (χ2v) is 4.16. The van der Waals surface area contributed by atoms with Gasteiger partial charge in [0.15, 0.2) is 5.96 Å². The van der Waals surface area contributed by atoms with E-state index in [1.165, 1.54) is 0 Å². The van der Waals surface area contributed by atoms with E-state index in [0.717, 1.165) is 25.5 Å². The largest absolute Gasteiger partial charge is 0.357 e. The molecule has 3 N–H and O–H groups in total. The molecule has 0 radical (unpaired) electrons. The first kappa shape index (κ1) is 15.7. The predicted octanol–water partition coefficient (Wildman–Crippen LogP) is 0.866. The van der Waals surface area contributed by atoms with Crippen molar-refractivity contribution in [3.05, 3.63) is 0 Å². The molecule has 0 saturated carbocycles. The molecule has 17 heavy (non-hydrogen) atoms. The number of carbonyl (C=O) groups is 1. The van der Waals surface area contributed by atoms with Gasteiger partial charge in [0.1, 0.15) is 0 Å². The Labute approximate surface area is 104 Å². The second kappa shape index (κ2) is 9.93. The maximum absolute atomic E-state index is 11.4.